The SMILES string of the molecule is NC(=NC1C2CC3CC(C2)CC1C3)N(N)C(=NC1C2CC3CC(C2)CC1C3)N(C1C2CC3CC(C2)CC1C3)C1C2CC3CC(C2)CC1C3. The molecule has 0 saturated heterocycles. The van der Waals surface area contributed by atoms with Crippen LogP contribution in [0.1, 0.15) is 128 Å². The highest BCUT2D eigenvalue weighted by molar-refractivity contribution is 5.98. The van der Waals surface area contributed by atoms with Crippen LogP contribution in [-0.4, -0.2) is 46.0 Å². The van der Waals surface area contributed by atoms with Crippen molar-refractivity contribution in [3.05, 3.63) is 0 Å². The summed E-state index contributed by atoms with van der Waals surface area (Å²) in [5.74, 6) is 23.3. The van der Waals surface area contributed by atoms with Gasteiger partial charge in [0.25, 0.3) is 0 Å². The summed E-state index contributed by atoms with van der Waals surface area (Å²) in [6.07, 6.45) is 28.8. The molecule has 0 heterocycles. The van der Waals surface area contributed by atoms with Crippen LogP contribution < -0.4 is 11.6 Å². The molecule has 0 aliphatic heterocycles. The normalized spacial score (nSPS) is 58.0. The topological polar surface area (TPSA) is 83.2 Å². The number of aliphatic imine (C=N–C) groups is 2. The van der Waals surface area contributed by atoms with Crippen molar-refractivity contribution in [2.24, 2.45) is 116 Å². The zero-order chi connectivity index (χ0) is 31.4. The average Bonchev–Trinajstić information content (AvgIpc) is 3.03. The predicted octanol–water partition coefficient (Wildman–Crippen LogP) is 7.43. The highest BCUT2D eigenvalue weighted by atomic mass is 15.6. The van der Waals surface area contributed by atoms with Gasteiger partial charge in [-0.3, -0.25) is 0 Å². The van der Waals surface area contributed by atoms with E-state index in [2.05, 4.69) is 4.90 Å². The Kier molecular flexibility index (Phi) is 6.49. The monoisotopic (exact) mass is 653 g/mol. The summed E-state index contributed by atoms with van der Waals surface area (Å²) < 4.78 is 0. The molecule has 0 amide bonds. The molecule has 16 fully saturated rings. The van der Waals surface area contributed by atoms with Crippen LogP contribution in [0, 0.1) is 94.7 Å². The van der Waals surface area contributed by atoms with E-state index in [1.807, 2.05) is 5.01 Å². The molecule has 6 nitrogen and oxygen atoms in total. The smallest absolute Gasteiger partial charge is 0.219 e. The second kappa shape index (κ2) is 10.6. The van der Waals surface area contributed by atoms with E-state index in [0.29, 0.717) is 30.1 Å². The molecule has 16 aliphatic rings. The van der Waals surface area contributed by atoms with Crippen molar-refractivity contribution < 1.29 is 0 Å². The van der Waals surface area contributed by atoms with E-state index in [4.69, 9.17) is 21.6 Å². The summed E-state index contributed by atoms with van der Waals surface area (Å²) >= 11 is 0. The van der Waals surface area contributed by atoms with Gasteiger partial charge in [-0.05, 0) is 223 Å². The van der Waals surface area contributed by atoms with Gasteiger partial charge < -0.3 is 10.6 Å². The van der Waals surface area contributed by atoms with Gasteiger partial charge in [-0.2, -0.15) is 0 Å². The van der Waals surface area contributed by atoms with Crippen LogP contribution in [0.3, 0.4) is 0 Å². The maximum Gasteiger partial charge on any atom is 0.219 e. The van der Waals surface area contributed by atoms with Gasteiger partial charge in [-0.1, -0.05) is 0 Å². The van der Waals surface area contributed by atoms with Crippen molar-refractivity contribution in [2.75, 3.05) is 0 Å². The molecule has 48 heavy (non-hydrogen) atoms. The van der Waals surface area contributed by atoms with Crippen LogP contribution in [0.15, 0.2) is 9.98 Å². The van der Waals surface area contributed by atoms with Gasteiger partial charge in [0.05, 0.1) is 12.1 Å². The molecule has 16 saturated carbocycles. The van der Waals surface area contributed by atoms with Gasteiger partial charge in [0.15, 0.2) is 0 Å². The molecule has 0 spiro atoms. The van der Waals surface area contributed by atoms with Crippen molar-refractivity contribution in [3.63, 3.8) is 0 Å². The molecule has 0 aromatic rings. The van der Waals surface area contributed by atoms with E-state index in [1.54, 1.807) is 0 Å². The van der Waals surface area contributed by atoms with Crippen LogP contribution in [-0.2, 0) is 0 Å². The van der Waals surface area contributed by atoms with E-state index in [-0.39, 0.29) is 0 Å². The average molecular weight is 653 g/mol. The molecule has 4 N–H and O–H groups in total. The minimum atomic E-state index is 0.377. The fourth-order valence-electron chi connectivity index (χ4n) is 18.1. The Morgan fingerprint density at radius 2 is 0.646 bits per heavy atom. The quantitative estimate of drug-likeness (QED) is 0.143. The number of rotatable bonds is 4. The molecule has 6 heteroatoms. The van der Waals surface area contributed by atoms with E-state index in [9.17, 15) is 0 Å². The van der Waals surface area contributed by atoms with Crippen LogP contribution in [0.4, 0.5) is 0 Å². The van der Waals surface area contributed by atoms with E-state index >= 15 is 0 Å². The zero-order valence-corrected chi connectivity index (χ0v) is 29.6. The summed E-state index contributed by atoms with van der Waals surface area (Å²) in [4.78, 5) is 14.7. The van der Waals surface area contributed by atoms with Crippen molar-refractivity contribution in [3.8, 4) is 0 Å². The van der Waals surface area contributed by atoms with E-state index in [0.717, 1.165) is 101 Å². The van der Waals surface area contributed by atoms with Gasteiger partial charge in [-0.15, -0.1) is 0 Å². The largest absolute Gasteiger partial charge is 0.368 e. The lowest BCUT2D eigenvalue weighted by molar-refractivity contribution is -0.109. The predicted molar refractivity (Wildman–Crippen MR) is 190 cm³/mol. The lowest BCUT2D eigenvalue weighted by Crippen LogP contribution is -2.69. The van der Waals surface area contributed by atoms with Crippen molar-refractivity contribution in [2.45, 2.75) is 153 Å². The molecule has 0 aromatic heterocycles. The Morgan fingerprint density at radius 3 is 0.958 bits per heavy atom. The third-order valence-corrected chi connectivity index (χ3v) is 18.6. The summed E-state index contributed by atoms with van der Waals surface area (Å²) in [7, 11) is 0. The second-order valence-corrected chi connectivity index (χ2v) is 21.4. The van der Waals surface area contributed by atoms with Gasteiger partial charge >= 0.3 is 0 Å². The fourth-order valence-corrected chi connectivity index (χ4v) is 18.1. The van der Waals surface area contributed by atoms with Gasteiger partial charge in [0.1, 0.15) is 0 Å². The van der Waals surface area contributed by atoms with Crippen LogP contribution in [0.5, 0.6) is 0 Å². The van der Waals surface area contributed by atoms with Crippen molar-refractivity contribution in [1.82, 2.24) is 9.91 Å². The second-order valence-electron chi connectivity index (χ2n) is 21.4. The van der Waals surface area contributed by atoms with E-state index < -0.39 is 0 Å². The Hall–Kier alpha value is -1.30. The fraction of sp³-hybridized carbons (Fsp3) is 0.952. The third-order valence-electron chi connectivity index (χ3n) is 18.6. The number of nitrogens with zero attached hydrogens (tertiary/aromatic N) is 4. The molecular formula is C42H64N6. The van der Waals surface area contributed by atoms with Crippen LogP contribution in [0.25, 0.3) is 0 Å². The number of guanidine groups is 2. The maximum atomic E-state index is 7.56. The first-order valence-corrected chi connectivity index (χ1v) is 21.7. The van der Waals surface area contributed by atoms with E-state index in [1.165, 1.54) is 128 Å². The van der Waals surface area contributed by atoms with Crippen molar-refractivity contribution in [1.29, 1.82) is 0 Å². The molecule has 16 bridgehead atoms. The lowest BCUT2D eigenvalue weighted by atomic mass is 9.51. The highest BCUT2D eigenvalue weighted by Gasteiger charge is 2.58. The molecule has 0 unspecified atom stereocenters. The molecule has 0 radical (unpaired) electrons. The number of hydrogen-bond acceptors (Lipinski definition) is 3. The summed E-state index contributed by atoms with van der Waals surface area (Å²) in [5, 5.41) is 1.96. The molecule has 16 aliphatic carbocycles. The standard InChI is InChI=1S/C42H64N6/c43-41(45-37-29-5-21-1-22(7-29)8-30(37)6-21)48(44)42(46-38-31-9-23-2-24(11-31)12-32(38)10-23)47(39-33-13-25-3-26(15-33)16-34(39)14-25)40-35-17-27-4-28(19-35)20-36(40)18-27/h21-40H,1-20,44H2,(H2,43,45). The number of nitrogens with two attached hydrogens (primary N) is 2. The van der Waals surface area contributed by atoms with Crippen LogP contribution >= 0.6 is 0 Å². The third kappa shape index (κ3) is 4.44. The van der Waals surface area contributed by atoms with Crippen molar-refractivity contribution >= 4 is 11.9 Å². The Balaban J connectivity index is 0.968. The lowest BCUT2D eigenvalue weighted by Gasteiger charge is -2.64. The molecule has 262 valence electrons. The Morgan fingerprint density at radius 1 is 0.375 bits per heavy atom. The molecule has 0 atom stereocenters. The Bertz CT molecular complexity index is 1210. The first kappa shape index (κ1) is 29.3. The highest BCUT2D eigenvalue weighted by Crippen LogP contribution is 2.61. The summed E-state index contributed by atoms with van der Waals surface area (Å²) in [6, 6.07) is 2.03. The Labute approximate surface area is 290 Å². The minimum Gasteiger partial charge on any atom is -0.368 e. The van der Waals surface area contributed by atoms with Gasteiger partial charge in [0, 0.05) is 12.1 Å². The first-order chi connectivity index (χ1) is 23.5. The summed E-state index contributed by atoms with van der Waals surface area (Å²) in [5.41, 5.74) is 7.28. The molecule has 16 rings (SSSR count). The number of hydrazine groups is 1. The summed E-state index contributed by atoms with van der Waals surface area (Å²) in [6.45, 7) is 0. The first-order valence-electron chi connectivity index (χ1n) is 21.7. The number of hydrogen-bond donors (Lipinski definition) is 2. The minimum absolute atomic E-state index is 0.377. The maximum absolute atomic E-state index is 7.56. The zero-order valence-electron chi connectivity index (χ0n) is 29.6. The molecular weight excluding hydrogens is 589 g/mol. The van der Waals surface area contributed by atoms with Crippen LogP contribution in [0.2, 0.25) is 0 Å². The molecule has 0 aromatic carbocycles. The van der Waals surface area contributed by atoms with Gasteiger partial charge in [0.2, 0.25) is 11.9 Å². The van der Waals surface area contributed by atoms with Gasteiger partial charge in [-0.25, -0.2) is 20.8 Å².